The standard InChI is InChI=1S/C17H17ClN2O/c1-11-8-9-20-15(10-11)19-16(17(20)12(2)18)13-6-4-5-7-14(13)21-3/h4-10,12H,1-3H3. The molecular weight excluding hydrogens is 284 g/mol. The molecule has 2 heterocycles. The maximum absolute atomic E-state index is 6.41. The van der Waals surface area contributed by atoms with Gasteiger partial charge >= 0.3 is 0 Å². The molecule has 0 aliphatic heterocycles. The van der Waals surface area contributed by atoms with Gasteiger partial charge in [0.1, 0.15) is 11.4 Å². The number of para-hydroxylation sites is 1. The Morgan fingerprint density at radius 1 is 1.24 bits per heavy atom. The Hall–Kier alpha value is -2.00. The smallest absolute Gasteiger partial charge is 0.137 e. The molecule has 2 aromatic heterocycles. The normalized spacial score (nSPS) is 12.6. The maximum atomic E-state index is 6.41. The molecule has 1 unspecified atom stereocenters. The summed E-state index contributed by atoms with van der Waals surface area (Å²) in [5.74, 6) is 0.802. The Morgan fingerprint density at radius 2 is 2.00 bits per heavy atom. The van der Waals surface area contributed by atoms with E-state index in [0.717, 1.165) is 28.3 Å². The summed E-state index contributed by atoms with van der Waals surface area (Å²) in [7, 11) is 1.67. The number of nitrogens with zero attached hydrogens (tertiary/aromatic N) is 2. The van der Waals surface area contributed by atoms with Gasteiger partial charge < -0.3 is 9.14 Å². The van der Waals surface area contributed by atoms with Crippen LogP contribution in [-0.2, 0) is 0 Å². The second-order valence-corrected chi connectivity index (χ2v) is 5.75. The van der Waals surface area contributed by atoms with Gasteiger partial charge in [0.05, 0.1) is 23.9 Å². The highest BCUT2D eigenvalue weighted by molar-refractivity contribution is 6.20. The Labute approximate surface area is 129 Å². The lowest BCUT2D eigenvalue weighted by Crippen LogP contribution is -1.96. The van der Waals surface area contributed by atoms with Crippen LogP contribution in [0, 0.1) is 6.92 Å². The number of imidazole rings is 1. The van der Waals surface area contributed by atoms with Crippen LogP contribution >= 0.6 is 11.6 Å². The predicted molar refractivity (Wildman–Crippen MR) is 86.2 cm³/mol. The van der Waals surface area contributed by atoms with Crippen molar-refractivity contribution in [2.24, 2.45) is 0 Å². The van der Waals surface area contributed by atoms with Crippen LogP contribution in [0.25, 0.3) is 16.9 Å². The molecule has 0 aliphatic rings. The highest BCUT2D eigenvalue weighted by atomic mass is 35.5. The van der Waals surface area contributed by atoms with Crippen LogP contribution in [0.15, 0.2) is 42.6 Å². The maximum Gasteiger partial charge on any atom is 0.137 e. The van der Waals surface area contributed by atoms with E-state index >= 15 is 0 Å². The predicted octanol–water partition coefficient (Wildman–Crippen LogP) is 4.62. The lowest BCUT2D eigenvalue weighted by Gasteiger charge is -2.10. The fourth-order valence-electron chi connectivity index (χ4n) is 2.58. The Balaban J connectivity index is 2.33. The summed E-state index contributed by atoms with van der Waals surface area (Å²) >= 11 is 6.41. The van der Waals surface area contributed by atoms with Crippen LogP contribution in [-0.4, -0.2) is 16.5 Å². The van der Waals surface area contributed by atoms with Gasteiger partial charge in [-0.15, -0.1) is 11.6 Å². The number of benzene rings is 1. The van der Waals surface area contributed by atoms with E-state index in [-0.39, 0.29) is 5.38 Å². The summed E-state index contributed by atoms with van der Waals surface area (Å²) in [6, 6.07) is 12.0. The molecule has 3 nitrogen and oxygen atoms in total. The first-order chi connectivity index (χ1) is 10.1. The van der Waals surface area contributed by atoms with E-state index in [1.54, 1.807) is 7.11 Å². The monoisotopic (exact) mass is 300 g/mol. The van der Waals surface area contributed by atoms with Gasteiger partial charge in [-0.3, -0.25) is 0 Å². The molecule has 1 atom stereocenters. The fraction of sp³-hybridized carbons (Fsp3) is 0.235. The Morgan fingerprint density at radius 3 is 2.71 bits per heavy atom. The lowest BCUT2D eigenvalue weighted by molar-refractivity contribution is 0.416. The first-order valence-electron chi connectivity index (χ1n) is 6.88. The molecule has 3 rings (SSSR count). The molecule has 0 fully saturated rings. The summed E-state index contributed by atoms with van der Waals surface area (Å²) < 4.78 is 7.51. The van der Waals surface area contributed by atoms with Crippen LogP contribution in [0.2, 0.25) is 0 Å². The summed E-state index contributed by atoms with van der Waals surface area (Å²) in [6.07, 6.45) is 2.02. The minimum Gasteiger partial charge on any atom is -0.496 e. The minimum atomic E-state index is -0.150. The van der Waals surface area contributed by atoms with Crippen molar-refractivity contribution in [3.63, 3.8) is 0 Å². The van der Waals surface area contributed by atoms with Crippen molar-refractivity contribution >= 4 is 17.2 Å². The number of halogens is 1. The first-order valence-corrected chi connectivity index (χ1v) is 7.31. The van der Waals surface area contributed by atoms with Crippen LogP contribution < -0.4 is 4.74 Å². The van der Waals surface area contributed by atoms with E-state index in [1.165, 1.54) is 5.56 Å². The van der Waals surface area contributed by atoms with E-state index in [0.29, 0.717) is 0 Å². The van der Waals surface area contributed by atoms with Gasteiger partial charge in [-0.25, -0.2) is 4.98 Å². The van der Waals surface area contributed by atoms with Gasteiger partial charge in [-0.05, 0) is 43.7 Å². The number of fused-ring (bicyclic) bond motifs is 1. The number of rotatable bonds is 3. The second kappa shape index (κ2) is 5.41. The van der Waals surface area contributed by atoms with Crippen LogP contribution in [0.4, 0.5) is 0 Å². The Kier molecular flexibility index (Phi) is 3.60. The van der Waals surface area contributed by atoms with E-state index in [2.05, 4.69) is 19.1 Å². The van der Waals surface area contributed by atoms with Gasteiger partial charge in [0.15, 0.2) is 0 Å². The summed E-state index contributed by atoms with van der Waals surface area (Å²) in [6.45, 7) is 4.02. The van der Waals surface area contributed by atoms with E-state index in [9.17, 15) is 0 Å². The second-order valence-electron chi connectivity index (χ2n) is 5.09. The zero-order chi connectivity index (χ0) is 15.0. The van der Waals surface area contributed by atoms with Crippen LogP contribution in [0.5, 0.6) is 5.75 Å². The van der Waals surface area contributed by atoms with Crippen molar-refractivity contribution in [1.82, 2.24) is 9.38 Å². The fourth-order valence-corrected chi connectivity index (χ4v) is 2.79. The van der Waals surface area contributed by atoms with Crippen molar-refractivity contribution in [1.29, 1.82) is 0 Å². The molecule has 0 spiro atoms. The summed E-state index contributed by atoms with van der Waals surface area (Å²) in [5, 5.41) is -0.150. The summed E-state index contributed by atoms with van der Waals surface area (Å²) in [5.41, 5.74) is 4.90. The molecule has 0 saturated heterocycles. The highest BCUT2D eigenvalue weighted by Gasteiger charge is 2.20. The third kappa shape index (κ3) is 2.38. The average Bonchev–Trinajstić information content (AvgIpc) is 2.85. The van der Waals surface area contributed by atoms with Gasteiger partial charge in [-0.1, -0.05) is 12.1 Å². The number of pyridine rings is 1. The SMILES string of the molecule is COc1ccccc1-c1nc2cc(C)ccn2c1C(C)Cl. The molecule has 1 aromatic carbocycles. The number of alkyl halides is 1. The molecule has 21 heavy (non-hydrogen) atoms. The lowest BCUT2D eigenvalue weighted by atomic mass is 10.1. The van der Waals surface area contributed by atoms with Crippen LogP contribution in [0.3, 0.4) is 0 Å². The van der Waals surface area contributed by atoms with E-state index < -0.39 is 0 Å². The molecule has 0 bridgehead atoms. The zero-order valence-corrected chi connectivity index (χ0v) is 13.1. The minimum absolute atomic E-state index is 0.150. The number of hydrogen-bond acceptors (Lipinski definition) is 2. The molecule has 108 valence electrons. The van der Waals surface area contributed by atoms with Crippen molar-refractivity contribution in [2.45, 2.75) is 19.2 Å². The molecule has 4 heteroatoms. The van der Waals surface area contributed by atoms with Gasteiger partial charge in [0.25, 0.3) is 0 Å². The molecule has 0 radical (unpaired) electrons. The molecule has 3 aromatic rings. The number of aryl methyl sites for hydroxylation is 1. The van der Waals surface area contributed by atoms with Crippen molar-refractivity contribution in [2.75, 3.05) is 7.11 Å². The molecule has 0 saturated carbocycles. The van der Waals surface area contributed by atoms with E-state index in [4.69, 9.17) is 21.3 Å². The summed E-state index contributed by atoms with van der Waals surface area (Å²) in [4.78, 5) is 4.77. The van der Waals surface area contributed by atoms with Gasteiger partial charge in [0, 0.05) is 11.8 Å². The van der Waals surface area contributed by atoms with Gasteiger partial charge in [0.2, 0.25) is 0 Å². The van der Waals surface area contributed by atoms with Gasteiger partial charge in [-0.2, -0.15) is 0 Å². The van der Waals surface area contributed by atoms with Crippen molar-refractivity contribution in [3.05, 3.63) is 53.9 Å². The topological polar surface area (TPSA) is 26.5 Å². The number of aromatic nitrogens is 2. The average molecular weight is 301 g/mol. The number of hydrogen-bond donors (Lipinski definition) is 0. The molecule has 0 N–H and O–H groups in total. The molecule has 0 amide bonds. The largest absolute Gasteiger partial charge is 0.496 e. The quantitative estimate of drug-likeness (QED) is 0.660. The number of ether oxygens (including phenoxy) is 1. The highest BCUT2D eigenvalue weighted by Crippen LogP contribution is 2.36. The molecule has 0 aliphatic carbocycles. The van der Waals surface area contributed by atoms with Crippen molar-refractivity contribution in [3.8, 4) is 17.0 Å². The number of methoxy groups -OCH3 is 1. The van der Waals surface area contributed by atoms with Crippen molar-refractivity contribution < 1.29 is 4.74 Å². The third-order valence-corrected chi connectivity index (χ3v) is 3.76. The molecular formula is C17H17ClN2O. The van der Waals surface area contributed by atoms with Crippen LogP contribution in [0.1, 0.15) is 23.6 Å². The van der Waals surface area contributed by atoms with E-state index in [1.807, 2.05) is 41.8 Å². The Bertz CT molecular complexity index is 793. The third-order valence-electron chi connectivity index (χ3n) is 3.56. The first kappa shape index (κ1) is 14.0. The zero-order valence-electron chi connectivity index (χ0n) is 12.3.